The number of benzene rings is 1. The predicted molar refractivity (Wildman–Crippen MR) is 113 cm³/mol. The molecule has 2 aromatic heterocycles. The van der Waals surface area contributed by atoms with Crippen LogP contribution in [0.15, 0.2) is 36.5 Å². The van der Waals surface area contributed by atoms with Crippen LogP contribution in [0.3, 0.4) is 0 Å². The van der Waals surface area contributed by atoms with Crippen molar-refractivity contribution in [1.82, 2.24) is 24.9 Å². The van der Waals surface area contributed by atoms with Crippen molar-refractivity contribution in [3.8, 4) is 11.5 Å². The summed E-state index contributed by atoms with van der Waals surface area (Å²) in [6, 6.07) is 9.68. The first-order valence-corrected chi connectivity index (χ1v) is 10.2. The van der Waals surface area contributed by atoms with Gasteiger partial charge in [-0.3, -0.25) is 14.7 Å². The number of aryl methyl sites for hydroxylation is 2. The topological polar surface area (TPSA) is 77.4 Å². The normalized spacial score (nSPS) is 17.2. The number of methoxy groups -OCH3 is 1. The molecule has 0 radical (unpaired) electrons. The maximum Gasteiger partial charge on any atom is 0.119 e. The molecule has 1 atom stereocenters. The maximum absolute atomic E-state index is 5.99. The Morgan fingerprint density at radius 1 is 1.23 bits per heavy atom. The SMILES string of the molecule is COc1ccc(OCCc2cc([C@H]3CN(Cc4cn(C)nc4C)CCO3)n[nH]2)cc1. The number of aromatic nitrogens is 4. The van der Waals surface area contributed by atoms with Crippen LogP contribution in [0.25, 0.3) is 0 Å². The molecule has 1 aromatic carbocycles. The lowest BCUT2D eigenvalue weighted by Crippen LogP contribution is -2.38. The Kier molecular flexibility index (Phi) is 6.35. The van der Waals surface area contributed by atoms with Crippen LogP contribution in [0.4, 0.5) is 0 Å². The number of H-pyrrole nitrogens is 1. The summed E-state index contributed by atoms with van der Waals surface area (Å²) in [7, 11) is 3.61. The average molecular weight is 412 g/mol. The lowest BCUT2D eigenvalue weighted by atomic mass is 10.1. The number of ether oxygens (including phenoxy) is 3. The van der Waals surface area contributed by atoms with Crippen molar-refractivity contribution in [2.24, 2.45) is 7.05 Å². The zero-order chi connectivity index (χ0) is 20.9. The second-order valence-electron chi connectivity index (χ2n) is 7.60. The highest BCUT2D eigenvalue weighted by Crippen LogP contribution is 2.23. The van der Waals surface area contributed by atoms with E-state index >= 15 is 0 Å². The Labute approximate surface area is 176 Å². The highest BCUT2D eigenvalue weighted by atomic mass is 16.5. The number of hydrogen-bond donors (Lipinski definition) is 1. The van der Waals surface area contributed by atoms with E-state index in [2.05, 4.69) is 39.4 Å². The lowest BCUT2D eigenvalue weighted by Gasteiger charge is -2.31. The van der Waals surface area contributed by atoms with Crippen LogP contribution in [0, 0.1) is 6.92 Å². The van der Waals surface area contributed by atoms with Gasteiger partial charge in [-0.1, -0.05) is 0 Å². The van der Waals surface area contributed by atoms with Crippen molar-refractivity contribution >= 4 is 0 Å². The fourth-order valence-electron chi connectivity index (χ4n) is 3.69. The highest BCUT2D eigenvalue weighted by molar-refractivity contribution is 5.31. The zero-order valence-electron chi connectivity index (χ0n) is 17.8. The molecule has 8 heteroatoms. The van der Waals surface area contributed by atoms with Crippen molar-refractivity contribution in [1.29, 1.82) is 0 Å². The van der Waals surface area contributed by atoms with Gasteiger partial charge < -0.3 is 14.2 Å². The van der Waals surface area contributed by atoms with E-state index in [1.165, 1.54) is 5.56 Å². The first-order valence-electron chi connectivity index (χ1n) is 10.2. The van der Waals surface area contributed by atoms with Gasteiger partial charge in [-0.15, -0.1) is 0 Å². The highest BCUT2D eigenvalue weighted by Gasteiger charge is 2.25. The average Bonchev–Trinajstić information content (AvgIpc) is 3.35. The second kappa shape index (κ2) is 9.32. The van der Waals surface area contributed by atoms with Crippen molar-refractivity contribution < 1.29 is 14.2 Å². The number of nitrogens with zero attached hydrogens (tertiary/aromatic N) is 4. The van der Waals surface area contributed by atoms with Crippen LogP contribution in [-0.2, 0) is 24.8 Å². The van der Waals surface area contributed by atoms with Gasteiger partial charge in [-0.2, -0.15) is 10.2 Å². The molecule has 4 rings (SSSR count). The largest absolute Gasteiger partial charge is 0.497 e. The molecule has 1 N–H and O–H groups in total. The number of nitrogens with one attached hydrogen (secondary N) is 1. The molecule has 1 aliphatic heterocycles. The molecule has 1 aliphatic rings. The molecule has 3 aromatic rings. The maximum atomic E-state index is 5.99. The third-order valence-corrected chi connectivity index (χ3v) is 5.34. The molecular weight excluding hydrogens is 382 g/mol. The molecule has 0 unspecified atom stereocenters. The Morgan fingerprint density at radius 3 is 2.77 bits per heavy atom. The minimum absolute atomic E-state index is 0.0248. The molecule has 8 nitrogen and oxygen atoms in total. The van der Waals surface area contributed by atoms with Crippen molar-refractivity contribution in [2.75, 3.05) is 33.4 Å². The molecule has 0 spiro atoms. The van der Waals surface area contributed by atoms with E-state index in [4.69, 9.17) is 14.2 Å². The number of aromatic amines is 1. The molecule has 0 bridgehead atoms. The van der Waals surface area contributed by atoms with Gasteiger partial charge in [0.1, 0.15) is 17.6 Å². The lowest BCUT2D eigenvalue weighted by molar-refractivity contribution is -0.0350. The van der Waals surface area contributed by atoms with Gasteiger partial charge in [0.05, 0.1) is 31.7 Å². The van der Waals surface area contributed by atoms with Gasteiger partial charge in [-0.05, 0) is 37.3 Å². The van der Waals surface area contributed by atoms with E-state index in [1.807, 2.05) is 36.0 Å². The minimum atomic E-state index is -0.0248. The van der Waals surface area contributed by atoms with E-state index in [-0.39, 0.29) is 6.10 Å². The van der Waals surface area contributed by atoms with Crippen LogP contribution in [0.5, 0.6) is 11.5 Å². The zero-order valence-corrected chi connectivity index (χ0v) is 17.8. The van der Waals surface area contributed by atoms with E-state index in [0.29, 0.717) is 13.2 Å². The summed E-state index contributed by atoms with van der Waals surface area (Å²) in [4.78, 5) is 2.40. The van der Waals surface area contributed by atoms with Crippen LogP contribution in [-0.4, -0.2) is 58.3 Å². The Hall–Kier alpha value is -2.84. The van der Waals surface area contributed by atoms with Crippen molar-refractivity contribution in [3.05, 3.63) is 59.2 Å². The molecule has 1 fully saturated rings. The number of rotatable bonds is 8. The van der Waals surface area contributed by atoms with Crippen molar-refractivity contribution in [3.63, 3.8) is 0 Å². The van der Waals surface area contributed by atoms with Gasteiger partial charge in [0.15, 0.2) is 0 Å². The number of hydrogen-bond acceptors (Lipinski definition) is 6. The molecule has 1 saturated heterocycles. The summed E-state index contributed by atoms with van der Waals surface area (Å²) in [5.41, 5.74) is 4.33. The summed E-state index contributed by atoms with van der Waals surface area (Å²) in [6.07, 6.45) is 2.82. The van der Waals surface area contributed by atoms with Gasteiger partial charge in [0.2, 0.25) is 0 Å². The first-order chi connectivity index (χ1) is 14.6. The van der Waals surface area contributed by atoms with Crippen LogP contribution < -0.4 is 9.47 Å². The molecule has 0 aliphatic carbocycles. The number of morpholine rings is 1. The second-order valence-corrected chi connectivity index (χ2v) is 7.60. The van der Waals surface area contributed by atoms with E-state index in [0.717, 1.165) is 54.6 Å². The third kappa shape index (κ3) is 5.01. The molecule has 3 heterocycles. The van der Waals surface area contributed by atoms with Crippen LogP contribution in [0.2, 0.25) is 0 Å². The van der Waals surface area contributed by atoms with Crippen LogP contribution >= 0.6 is 0 Å². The monoisotopic (exact) mass is 411 g/mol. The summed E-state index contributed by atoms with van der Waals surface area (Å²) in [5.74, 6) is 1.65. The summed E-state index contributed by atoms with van der Waals surface area (Å²) in [5, 5.41) is 12.0. The third-order valence-electron chi connectivity index (χ3n) is 5.34. The molecule has 160 valence electrons. The quantitative estimate of drug-likeness (QED) is 0.614. The molecule has 0 amide bonds. The van der Waals surface area contributed by atoms with E-state index < -0.39 is 0 Å². The smallest absolute Gasteiger partial charge is 0.119 e. The van der Waals surface area contributed by atoms with Gasteiger partial charge in [0, 0.05) is 50.6 Å². The Morgan fingerprint density at radius 2 is 2.03 bits per heavy atom. The minimum Gasteiger partial charge on any atom is -0.497 e. The fraction of sp³-hybridized carbons (Fsp3) is 0.455. The Bertz CT molecular complexity index is 950. The molecule has 30 heavy (non-hydrogen) atoms. The van der Waals surface area contributed by atoms with E-state index in [1.54, 1.807) is 7.11 Å². The van der Waals surface area contributed by atoms with Crippen molar-refractivity contribution in [2.45, 2.75) is 26.0 Å². The molecular formula is C22H29N5O3. The fourth-order valence-corrected chi connectivity index (χ4v) is 3.69. The van der Waals surface area contributed by atoms with Gasteiger partial charge in [0.25, 0.3) is 0 Å². The predicted octanol–water partition coefficient (Wildman–Crippen LogP) is 2.66. The summed E-state index contributed by atoms with van der Waals surface area (Å²) in [6.45, 7) is 5.95. The Balaban J connectivity index is 1.28. The standard InChI is InChI=1S/C22H29N5O3/c1-16-17(13-26(2)25-16)14-27-9-11-30-22(15-27)21-12-18(23-24-21)8-10-29-20-6-4-19(28-3)5-7-20/h4-7,12-13,22H,8-11,14-15H2,1-3H3,(H,23,24)/t22-/m1/s1. The van der Waals surface area contributed by atoms with E-state index in [9.17, 15) is 0 Å². The molecule has 0 saturated carbocycles. The summed E-state index contributed by atoms with van der Waals surface area (Å²) < 4.78 is 18.8. The first kappa shape index (κ1) is 20.4. The summed E-state index contributed by atoms with van der Waals surface area (Å²) >= 11 is 0. The van der Waals surface area contributed by atoms with Gasteiger partial charge in [-0.25, -0.2) is 0 Å². The van der Waals surface area contributed by atoms with Gasteiger partial charge >= 0.3 is 0 Å². The van der Waals surface area contributed by atoms with Crippen LogP contribution in [0.1, 0.15) is 28.7 Å².